The molecule has 1 rings (SSSR count). The molecule has 8 heteroatoms. The molecule has 0 unspecified atom stereocenters. The second-order valence-electron chi connectivity index (χ2n) is 8.61. The zero-order valence-corrected chi connectivity index (χ0v) is 19.9. The minimum atomic E-state index is -1.05. The van der Waals surface area contributed by atoms with Gasteiger partial charge in [0, 0.05) is 0 Å². The van der Waals surface area contributed by atoms with Crippen LogP contribution in [0.3, 0.4) is 0 Å². The van der Waals surface area contributed by atoms with Gasteiger partial charge in [-0.25, -0.2) is 4.79 Å². The first-order valence-corrected chi connectivity index (χ1v) is 10.6. The molecule has 0 atom stereocenters. The second kappa shape index (κ2) is 13.5. The van der Waals surface area contributed by atoms with Crippen molar-refractivity contribution in [2.75, 3.05) is 13.2 Å². The zero-order valence-electron chi connectivity index (χ0n) is 19.9. The molecule has 0 spiro atoms. The Labute approximate surface area is 189 Å². The van der Waals surface area contributed by atoms with Crippen molar-refractivity contribution in [2.45, 2.75) is 72.6 Å². The molecule has 0 saturated heterocycles. The van der Waals surface area contributed by atoms with Crippen LogP contribution in [0.25, 0.3) is 0 Å². The molecule has 0 aliphatic carbocycles. The van der Waals surface area contributed by atoms with Crippen molar-refractivity contribution in [3.8, 4) is 0 Å². The van der Waals surface area contributed by atoms with Gasteiger partial charge in [-0.1, -0.05) is 39.8 Å². The summed E-state index contributed by atoms with van der Waals surface area (Å²) in [4.78, 5) is 43.4. The van der Waals surface area contributed by atoms with Gasteiger partial charge in [-0.3, -0.25) is 14.4 Å². The van der Waals surface area contributed by atoms with Gasteiger partial charge in [0.05, 0.1) is 23.8 Å². The normalized spacial score (nSPS) is 11.1. The van der Waals surface area contributed by atoms with Crippen molar-refractivity contribution in [2.24, 2.45) is 5.41 Å². The van der Waals surface area contributed by atoms with E-state index in [1.165, 1.54) is 5.56 Å². The Morgan fingerprint density at radius 1 is 0.812 bits per heavy atom. The fraction of sp³-hybridized carbons (Fsp3) is 0.583. The van der Waals surface area contributed by atoms with Crippen molar-refractivity contribution >= 4 is 23.9 Å². The number of esters is 2. The molecule has 0 saturated carbocycles. The van der Waals surface area contributed by atoms with Crippen LogP contribution in [0.1, 0.15) is 83.1 Å². The number of aliphatic carboxylic acids is 1. The van der Waals surface area contributed by atoms with Crippen molar-refractivity contribution in [1.29, 1.82) is 0 Å². The Kier molecular flexibility index (Phi) is 12.3. The number of carbonyl (C=O) groups is 4. The maximum absolute atomic E-state index is 11.5. The molecule has 0 aromatic heterocycles. The highest BCUT2D eigenvalue weighted by Crippen LogP contribution is 2.26. The van der Waals surface area contributed by atoms with Gasteiger partial charge in [0.1, 0.15) is 13.2 Å². The molecule has 0 aliphatic heterocycles. The van der Waals surface area contributed by atoms with E-state index in [9.17, 15) is 19.2 Å². The number of hydrogen-bond acceptors (Lipinski definition) is 6. The molecule has 0 aliphatic rings. The summed E-state index contributed by atoms with van der Waals surface area (Å²) in [6.07, 6.45) is 1.26. The first kappa shape index (κ1) is 29.1. The highest BCUT2D eigenvalue weighted by atomic mass is 16.6. The first-order chi connectivity index (χ1) is 14.8. The van der Waals surface area contributed by atoms with Crippen molar-refractivity contribution in [3.05, 3.63) is 35.4 Å². The molecule has 0 radical (unpaired) electrons. The van der Waals surface area contributed by atoms with Gasteiger partial charge in [0.15, 0.2) is 0 Å². The van der Waals surface area contributed by atoms with Gasteiger partial charge < -0.3 is 19.7 Å². The molecule has 0 bridgehead atoms. The zero-order chi connectivity index (χ0) is 24.9. The van der Waals surface area contributed by atoms with Crippen LogP contribution in [0, 0.1) is 5.41 Å². The summed E-state index contributed by atoms with van der Waals surface area (Å²) in [5.41, 5.74) is 1.11. The van der Waals surface area contributed by atoms with Crippen LogP contribution in [0.4, 0.5) is 0 Å². The molecule has 1 aromatic rings. The topological polar surface area (TPSA) is 127 Å². The Bertz CT molecular complexity index is 763. The van der Waals surface area contributed by atoms with Crippen LogP contribution in [0.2, 0.25) is 0 Å². The monoisotopic (exact) mass is 452 g/mol. The molecular formula is C24H36O8. The van der Waals surface area contributed by atoms with Gasteiger partial charge >= 0.3 is 23.9 Å². The molecule has 0 amide bonds. The van der Waals surface area contributed by atoms with Crippen LogP contribution in [0.5, 0.6) is 0 Å². The highest BCUT2D eigenvalue weighted by molar-refractivity contribution is 5.87. The van der Waals surface area contributed by atoms with Crippen molar-refractivity contribution in [1.82, 2.24) is 0 Å². The van der Waals surface area contributed by atoms with E-state index in [1.807, 2.05) is 19.1 Å². The van der Waals surface area contributed by atoms with E-state index in [2.05, 4.69) is 20.8 Å². The Balaban J connectivity index is 0.000000618. The predicted molar refractivity (Wildman–Crippen MR) is 120 cm³/mol. The summed E-state index contributed by atoms with van der Waals surface area (Å²) in [5.74, 6) is -2.87. The number of aromatic carboxylic acids is 1. The van der Waals surface area contributed by atoms with Crippen LogP contribution in [0.15, 0.2) is 24.3 Å². The maximum atomic E-state index is 11.5. The van der Waals surface area contributed by atoms with Crippen molar-refractivity contribution < 1.29 is 38.9 Å². The highest BCUT2D eigenvalue weighted by Gasteiger charge is 2.26. The number of benzene rings is 1. The van der Waals surface area contributed by atoms with Gasteiger partial charge in [-0.15, -0.1) is 0 Å². The van der Waals surface area contributed by atoms with Crippen LogP contribution < -0.4 is 0 Å². The van der Waals surface area contributed by atoms with E-state index in [-0.39, 0.29) is 37.4 Å². The molecule has 180 valence electrons. The number of ether oxygens (including phenoxy) is 2. The SMILES string of the molecule is CCC(C)(C)C(=O)OCCOC(=O)CCC(=O)O.CCC(C)(C)c1ccc(C(=O)O)cc1. The lowest BCUT2D eigenvalue weighted by molar-refractivity contribution is -0.159. The minimum Gasteiger partial charge on any atom is -0.481 e. The van der Waals surface area contributed by atoms with Gasteiger partial charge in [-0.05, 0) is 49.8 Å². The number of carboxylic acid groups (broad SMARTS) is 2. The Morgan fingerprint density at radius 3 is 1.78 bits per heavy atom. The lowest BCUT2D eigenvalue weighted by Crippen LogP contribution is -2.27. The summed E-state index contributed by atoms with van der Waals surface area (Å²) in [7, 11) is 0. The predicted octanol–water partition coefficient (Wildman–Crippen LogP) is 4.45. The standard InChI is InChI=1S/C12H20O6.C12H16O2/c1-4-12(2,3)11(16)18-8-7-17-10(15)6-5-9(13)14;1-4-12(2,3)10-7-5-9(6-8-10)11(13)14/h4-8H2,1-3H3,(H,13,14);5-8H,4H2,1-3H3,(H,13,14). The summed E-state index contributed by atoms with van der Waals surface area (Å²) in [5, 5.41) is 17.1. The van der Waals surface area contributed by atoms with E-state index < -0.39 is 23.3 Å². The smallest absolute Gasteiger partial charge is 0.335 e. The van der Waals surface area contributed by atoms with Crippen LogP contribution in [-0.2, 0) is 29.3 Å². The summed E-state index contributed by atoms with van der Waals surface area (Å²) in [6.45, 7) is 11.8. The number of hydrogen-bond donors (Lipinski definition) is 2. The summed E-state index contributed by atoms with van der Waals surface area (Å²) in [6, 6.07) is 7.12. The summed E-state index contributed by atoms with van der Waals surface area (Å²) >= 11 is 0. The average Bonchev–Trinajstić information content (AvgIpc) is 2.75. The fourth-order valence-corrected chi connectivity index (χ4v) is 2.18. The molecule has 2 N–H and O–H groups in total. The third-order valence-corrected chi connectivity index (χ3v) is 5.36. The molecule has 8 nitrogen and oxygen atoms in total. The van der Waals surface area contributed by atoms with Gasteiger partial charge in [0.2, 0.25) is 0 Å². The van der Waals surface area contributed by atoms with Crippen molar-refractivity contribution in [3.63, 3.8) is 0 Å². The van der Waals surface area contributed by atoms with Gasteiger partial charge in [0.25, 0.3) is 0 Å². The third kappa shape index (κ3) is 10.9. The lowest BCUT2D eigenvalue weighted by atomic mass is 9.82. The first-order valence-electron chi connectivity index (χ1n) is 10.6. The largest absolute Gasteiger partial charge is 0.481 e. The molecule has 1 aromatic carbocycles. The second-order valence-corrected chi connectivity index (χ2v) is 8.61. The number of carbonyl (C=O) groups excluding carboxylic acids is 2. The Morgan fingerprint density at radius 2 is 1.34 bits per heavy atom. The van der Waals surface area contributed by atoms with Crippen LogP contribution in [-0.4, -0.2) is 47.3 Å². The molecule has 32 heavy (non-hydrogen) atoms. The van der Waals surface area contributed by atoms with E-state index in [1.54, 1.807) is 26.0 Å². The van der Waals surface area contributed by atoms with Gasteiger partial charge in [-0.2, -0.15) is 0 Å². The summed E-state index contributed by atoms with van der Waals surface area (Å²) < 4.78 is 9.65. The lowest BCUT2D eigenvalue weighted by Gasteiger charge is -2.23. The van der Waals surface area contributed by atoms with E-state index in [0.29, 0.717) is 12.0 Å². The third-order valence-electron chi connectivity index (χ3n) is 5.36. The molecule has 0 heterocycles. The molecule has 0 fully saturated rings. The number of rotatable bonds is 11. The fourth-order valence-electron chi connectivity index (χ4n) is 2.18. The van der Waals surface area contributed by atoms with Crippen LogP contribution >= 0.6 is 0 Å². The van der Waals surface area contributed by atoms with E-state index in [0.717, 1.165) is 6.42 Å². The maximum Gasteiger partial charge on any atom is 0.335 e. The minimum absolute atomic E-state index is 0.0128. The van der Waals surface area contributed by atoms with E-state index in [4.69, 9.17) is 19.7 Å². The Hall–Kier alpha value is -2.90. The number of carboxylic acids is 2. The molecular weight excluding hydrogens is 416 g/mol. The van der Waals surface area contributed by atoms with E-state index >= 15 is 0 Å². The average molecular weight is 453 g/mol. The quantitative estimate of drug-likeness (QED) is 0.372.